The number of amides is 1. The van der Waals surface area contributed by atoms with Crippen LogP contribution in [-0.4, -0.2) is 52.3 Å². The van der Waals surface area contributed by atoms with E-state index >= 15 is 0 Å². The third kappa shape index (κ3) is 4.04. The van der Waals surface area contributed by atoms with Crippen molar-refractivity contribution in [1.29, 1.82) is 0 Å². The molecule has 2 rings (SSSR count). The number of piperidine rings is 1. The Bertz CT molecular complexity index is 364. The molecule has 2 atom stereocenters. The van der Waals surface area contributed by atoms with Crippen LogP contribution in [0.5, 0.6) is 0 Å². The summed E-state index contributed by atoms with van der Waals surface area (Å²) in [6.07, 6.45) is 0.0719. The van der Waals surface area contributed by atoms with E-state index in [-0.39, 0.29) is 17.6 Å². The minimum Gasteiger partial charge on any atom is -0.389 e. The molecule has 3 nitrogen and oxygen atoms in total. The molecule has 1 saturated heterocycles. The molecule has 7 heteroatoms. The van der Waals surface area contributed by atoms with E-state index in [1.165, 1.54) is 0 Å². The first-order valence-electron chi connectivity index (χ1n) is 6.95. The fourth-order valence-corrected chi connectivity index (χ4v) is 3.83. The Morgan fingerprint density at radius 3 is 2.80 bits per heavy atom. The molecule has 0 spiro atoms. The van der Waals surface area contributed by atoms with Crippen LogP contribution in [0.2, 0.25) is 0 Å². The molecule has 1 heterocycles. The highest BCUT2D eigenvalue weighted by Gasteiger charge is 2.43. The van der Waals surface area contributed by atoms with E-state index in [2.05, 4.69) is 0 Å². The Labute approximate surface area is 120 Å². The van der Waals surface area contributed by atoms with E-state index in [1.54, 1.807) is 4.90 Å². The third-order valence-corrected chi connectivity index (χ3v) is 5.25. The largest absolute Gasteiger partial charge is 0.397 e. The number of fused-ring (bicyclic) bond motifs is 1. The molecular weight excluding hydrogens is 291 g/mol. The number of rotatable bonds is 3. The molecule has 1 amide bonds. The van der Waals surface area contributed by atoms with Crippen molar-refractivity contribution in [3.8, 4) is 0 Å². The lowest BCUT2D eigenvalue weighted by Gasteiger charge is -2.47. The fraction of sp³-hybridized carbons (Fsp3) is 0.923. The molecule has 1 saturated carbocycles. The highest BCUT2D eigenvalue weighted by molar-refractivity contribution is 8.00. The SMILES string of the molecule is O=C(CSCC(F)(F)F)N1CCC2(O)CCCCC2C1. The van der Waals surface area contributed by atoms with Crippen LogP contribution >= 0.6 is 11.8 Å². The molecule has 116 valence electrons. The van der Waals surface area contributed by atoms with E-state index in [0.717, 1.165) is 25.7 Å². The summed E-state index contributed by atoms with van der Waals surface area (Å²) >= 11 is 0.612. The van der Waals surface area contributed by atoms with Crippen molar-refractivity contribution < 1.29 is 23.1 Å². The lowest BCUT2D eigenvalue weighted by atomic mass is 9.71. The second kappa shape index (κ2) is 6.13. The van der Waals surface area contributed by atoms with Crippen LogP contribution < -0.4 is 0 Å². The van der Waals surface area contributed by atoms with Crippen molar-refractivity contribution >= 4 is 17.7 Å². The van der Waals surface area contributed by atoms with Crippen molar-refractivity contribution in [1.82, 2.24) is 4.90 Å². The second-order valence-electron chi connectivity index (χ2n) is 5.74. The first-order chi connectivity index (χ1) is 9.30. The molecule has 0 aromatic heterocycles. The summed E-state index contributed by atoms with van der Waals surface area (Å²) in [5.74, 6) is -1.28. The van der Waals surface area contributed by atoms with Crippen LogP contribution in [-0.2, 0) is 4.79 Å². The number of carbonyl (C=O) groups excluding carboxylic acids is 1. The minimum atomic E-state index is -4.23. The Hall–Kier alpha value is -0.430. The van der Waals surface area contributed by atoms with Crippen molar-refractivity contribution in [2.75, 3.05) is 24.6 Å². The Balaban J connectivity index is 1.80. The van der Waals surface area contributed by atoms with Gasteiger partial charge in [0.2, 0.25) is 5.91 Å². The number of halogens is 3. The van der Waals surface area contributed by atoms with Gasteiger partial charge in [0.1, 0.15) is 0 Å². The van der Waals surface area contributed by atoms with Gasteiger partial charge in [-0.15, -0.1) is 11.8 Å². The molecule has 1 aliphatic heterocycles. The predicted molar refractivity (Wildman–Crippen MR) is 71.5 cm³/mol. The van der Waals surface area contributed by atoms with E-state index < -0.39 is 17.5 Å². The Kier molecular flexibility index (Phi) is 4.89. The zero-order chi connectivity index (χ0) is 14.8. The van der Waals surface area contributed by atoms with Crippen LogP contribution in [0.15, 0.2) is 0 Å². The first-order valence-corrected chi connectivity index (χ1v) is 8.10. The lowest BCUT2D eigenvalue weighted by molar-refractivity contribution is -0.140. The predicted octanol–water partition coefficient (Wildman–Crippen LogP) is 2.44. The van der Waals surface area contributed by atoms with Gasteiger partial charge in [0.05, 0.1) is 17.1 Å². The van der Waals surface area contributed by atoms with E-state index in [1.807, 2.05) is 0 Å². The van der Waals surface area contributed by atoms with Crippen LogP contribution in [0.4, 0.5) is 13.2 Å². The van der Waals surface area contributed by atoms with E-state index in [9.17, 15) is 23.1 Å². The number of hydrogen-bond donors (Lipinski definition) is 1. The number of carbonyl (C=O) groups is 1. The van der Waals surface area contributed by atoms with Gasteiger partial charge in [-0.2, -0.15) is 13.2 Å². The third-order valence-electron chi connectivity index (χ3n) is 4.27. The number of alkyl halides is 3. The molecule has 0 aromatic carbocycles. The summed E-state index contributed by atoms with van der Waals surface area (Å²) in [5.41, 5.74) is -0.659. The number of hydrogen-bond acceptors (Lipinski definition) is 3. The normalized spacial score (nSPS) is 31.0. The zero-order valence-electron chi connectivity index (χ0n) is 11.3. The first kappa shape index (κ1) is 15.9. The van der Waals surface area contributed by atoms with Crippen molar-refractivity contribution in [2.24, 2.45) is 5.92 Å². The van der Waals surface area contributed by atoms with Crippen LogP contribution in [0.1, 0.15) is 32.1 Å². The molecule has 2 unspecified atom stereocenters. The molecule has 0 aromatic rings. The molecule has 0 radical (unpaired) electrons. The molecule has 1 N–H and O–H groups in total. The van der Waals surface area contributed by atoms with Gasteiger partial charge in [-0.3, -0.25) is 4.79 Å². The average Bonchev–Trinajstić information content (AvgIpc) is 2.36. The van der Waals surface area contributed by atoms with E-state index in [4.69, 9.17) is 0 Å². The average molecular weight is 311 g/mol. The maximum Gasteiger partial charge on any atom is 0.397 e. The second-order valence-corrected chi connectivity index (χ2v) is 6.73. The van der Waals surface area contributed by atoms with Gasteiger partial charge < -0.3 is 10.0 Å². The smallest absolute Gasteiger partial charge is 0.389 e. The molecule has 20 heavy (non-hydrogen) atoms. The summed E-state index contributed by atoms with van der Waals surface area (Å²) in [5, 5.41) is 10.5. The maximum absolute atomic E-state index is 12.0. The topological polar surface area (TPSA) is 40.5 Å². The van der Waals surface area contributed by atoms with Crippen molar-refractivity contribution in [3.05, 3.63) is 0 Å². The molecule has 2 fully saturated rings. The van der Waals surface area contributed by atoms with Crippen LogP contribution in [0.3, 0.4) is 0 Å². The monoisotopic (exact) mass is 311 g/mol. The van der Waals surface area contributed by atoms with Gasteiger partial charge in [0, 0.05) is 19.0 Å². The van der Waals surface area contributed by atoms with Gasteiger partial charge >= 0.3 is 6.18 Å². The van der Waals surface area contributed by atoms with Crippen LogP contribution in [0, 0.1) is 5.92 Å². The van der Waals surface area contributed by atoms with E-state index in [0.29, 0.717) is 31.3 Å². The highest BCUT2D eigenvalue weighted by Crippen LogP contribution is 2.39. The molecule has 0 bridgehead atoms. The van der Waals surface area contributed by atoms with Gasteiger partial charge in [-0.05, 0) is 19.3 Å². The number of nitrogens with zero attached hydrogens (tertiary/aromatic N) is 1. The summed E-state index contributed by atoms with van der Waals surface area (Å²) in [6, 6.07) is 0. The fourth-order valence-electron chi connectivity index (χ4n) is 3.14. The lowest BCUT2D eigenvalue weighted by Crippen LogP contribution is -2.55. The minimum absolute atomic E-state index is 0.0848. The molecular formula is C13H20F3NO2S. The van der Waals surface area contributed by atoms with Crippen molar-refractivity contribution in [3.63, 3.8) is 0 Å². The maximum atomic E-state index is 12.0. The number of thioether (sulfide) groups is 1. The van der Waals surface area contributed by atoms with Crippen molar-refractivity contribution in [2.45, 2.75) is 43.9 Å². The van der Waals surface area contributed by atoms with Gasteiger partial charge in [-0.25, -0.2) is 0 Å². The van der Waals surface area contributed by atoms with Gasteiger partial charge in [-0.1, -0.05) is 12.8 Å². The van der Waals surface area contributed by atoms with Crippen LogP contribution in [0.25, 0.3) is 0 Å². The Morgan fingerprint density at radius 1 is 1.35 bits per heavy atom. The number of likely N-dealkylation sites (tertiary alicyclic amines) is 1. The molecule has 2 aliphatic rings. The summed E-state index contributed by atoms with van der Waals surface area (Å²) in [7, 11) is 0. The summed E-state index contributed by atoms with van der Waals surface area (Å²) < 4.78 is 36.1. The standard InChI is InChI=1S/C13H20F3NO2S/c14-13(15,16)9-20-8-11(18)17-6-5-12(19)4-2-1-3-10(12)7-17/h10,19H,1-9H2. The van der Waals surface area contributed by atoms with Gasteiger partial charge in [0.15, 0.2) is 0 Å². The quantitative estimate of drug-likeness (QED) is 0.870. The Morgan fingerprint density at radius 2 is 2.10 bits per heavy atom. The number of aliphatic hydroxyl groups is 1. The summed E-state index contributed by atoms with van der Waals surface area (Å²) in [6.45, 7) is 0.945. The zero-order valence-corrected chi connectivity index (χ0v) is 12.1. The summed E-state index contributed by atoms with van der Waals surface area (Å²) in [4.78, 5) is 13.5. The van der Waals surface area contributed by atoms with Gasteiger partial charge in [0.25, 0.3) is 0 Å². The highest BCUT2D eigenvalue weighted by atomic mass is 32.2. The molecule has 1 aliphatic carbocycles.